The third-order valence-electron chi connectivity index (χ3n) is 4.53. The van der Waals surface area contributed by atoms with Crippen molar-refractivity contribution in [1.29, 1.82) is 0 Å². The van der Waals surface area contributed by atoms with Gasteiger partial charge in [0.25, 0.3) is 0 Å². The fraction of sp³-hybridized carbons (Fsp3) is 0.158. The standard InChI is InChI=1S/C19H16S2/c1-13-14-7-3-4-8-15(14)19(2,17-10-6-12-21-17)18(13)16-9-5-11-20-16/h3-12H,1-2H3. The highest BCUT2D eigenvalue weighted by molar-refractivity contribution is 7.11. The molecule has 1 atom stereocenters. The van der Waals surface area contributed by atoms with Gasteiger partial charge in [0.2, 0.25) is 0 Å². The molecule has 0 saturated carbocycles. The van der Waals surface area contributed by atoms with Crippen molar-refractivity contribution in [3.8, 4) is 0 Å². The van der Waals surface area contributed by atoms with Crippen molar-refractivity contribution in [2.24, 2.45) is 0 Å². The predicted octanol–water partition coefficient (Wildman–Crippen LogP) is 6.06. The fourth-order valence-corrected chi connectivity index (χ4v) is 5.41. The van der Waals surface area contributed by atoms with Crippen molar-refractivity contribution in [3.63, 3.8) is 0 Å². The van der Waals surface area contributed by atoms with Gasteiger partial charge >= 0.3 is 0 Å². The first kappa shape index (κ1) is 13.1. The Hall–Kier alpha value is -1.64. The summed E-state index contributed by atoms with van der Waals surface area (Å²) in [5.74, 6) is 0. The third-order valence-corrected chi connectivity index (χ3v) is 6.51. The Morgan fingerprint density at radius 2 is 1.62 bits per heavy atom. The summed E-state index contributed by atoms with van der Waals surface area (Å²) in [4.78, 5) is 2.81. The molecule has 1 aromatic carbocycles. The van der Waals surface area contributed by atoms with Gasteiger partial charge in [-0.05, 0) is 59.0 Å². The largest absolute Gasteiger partial charge is 0.148 e. The SMILES string of the molecule is CC1=C(c2cccs2)C(C)(c2cccs2)c2ccccc21. The monoisotopic (exact) mass is 308 g/mol. The first-order valence-electron chi connectivity index (χ1n) is 7.12. The second kappa shape index (κ2) is 4.69. The van der Waals surface area contributed by atoms with Crippen molar-refractivity contribution in [2.75, 3.05) is 0 Å². The van der Waals surface area contributed by atoms with Crippen LogP contribution in [0.3, 0.4) is 0 Å². The summed E-state index contributed by atoms with van der Waals surface area (Å²) in [6.07, 6.45) is 0. The van der Waals surface area contributed by atoms with Crippen LogP contribution in [0.1, 0.15) is 34.7 Å². The quantitative estimate of drug-likeness (QED) is 0.540. The molecule has 4 rings (SSSR count). The first-order valence-corrected chi connectivity index (χ1v) is 8.88. The molecule has 1 aliphatic carbocycles. The van der Waals surface area contributed by atoms with E-state index in [-0.39, 0.29) is 5.41 Å². The summed E-state index contributed by atoms with van der Waals surface area (Å²) in [6.45, 7) is 4.65. The van der Waals surface area contributed by atoms with Crippen molar-refractivity contribution >= 4 is 33.8 Å². The molecule has 0 saturated heterocycles. The minimum Gasteiger partial charge on any atom is -0.148 e. The van der Waals surface area contributed by atoms with Gasteiger partial charge in [-0.3, -0.25) is 0 Å². The maximum atomic E-state index is 2.38. The highest BCUT2D eigenvalue weighted by Crippen LogP contribution is 2.55. The smallest absolute Gasteiger partial charge is 0.0539 e. The fourth-order valence-electron chi connectivity index (χ4n) is 3.56. The molecule has 1 aliphatic rings. The van der Waals surface area contributed by atoms with Gasteiger partial charge in [0.05, 0.1) is 5.41 Å². The van der Waals surface area contributed by atoms with E-state index in [1.54, 1.807) is 0 Å². The molecule has 0 spiro atoms. The van der Waals surface area contributed by atoms with E-state index in [9.17, 15) is 0 Å². The molecule has 104 valence electrons. The molecule has 2 heterocycles. The Balaban J connectivity index is 2.07. The van der Waals surface area contributed by atoms with Crippen LogP contribution in [0.15, 0.2) is 59.3 Å². The van der Waals surface area contributed by atoms with E-state index in [0.29, 0.717) is 0 Å². The Labute approximate surface area is 133 Å². The lowest BCUT2D eigenvalue weighted by atomic mass is 9.77. The van der Waals surface area contributed by atoms with Gasteiger partial charge in [-0.2, -0.15) is 0 Å². The van der Waals surface area contributed by atoms with Crippen LogP contribution < -0.4 is 0 Å². The number of rotatable bonds is 2. The average Bonchev–Trinajstić information content (AvgIpc) is 3.22. The number of allylic oxidation sites excluding steroid dienone is 2. The number of fused-ring (bicyclic) bond motifs is 1. The van der Waals surface area contributed by atoms with Crippen molar-refractivity contribution in [1.82, 2.24) is 0 Å². The minimum absolute atomic E-state index is 0.0281. The lowest BCUT2D eigenvalue weighted by molar-refractivity contribution is 0.780. The van der Waals surface area contributed by atoms with Crippen LogP contribution in [-0.2, 0) is 5.41 Å². The average molecular weight is 308 g/mol. The van der Waals surface area contributed by atoms with E-state index < -0.39 is 0 Å². The second-order valence-corrected chi connectivity index (χ2v) is 7.52. The lowest BCUT2D eigenvalue weighted by Crippen LogP contribution is -2.21. The van der Waals surface area contributed by atoms with E-state index in [1.165, 1.54) is 32.0 Å². The van der Waals surface area contributed by atoms with E-state index in [2.05, 4.69) is 73.1 Å². The van der Waals surface area contributed by atoms with Gasteiger partial charge in [-0.25, -0.2) is 0 Å². The number of benzene rings is 1. The molecule has 0 nitrogen and oxygen atoms in total. The maximum absolute atomic E-state index is 2.38. The van der Waals surface area contributed by atoms with Crippen molar-refractivity contribution in [3.05, 3.63) is 80.2 Å². The van der Waals surface area contributed by atoms with Gasteiger partial charge in [-0.15, -0.1) is 22.7 Å². The van der Waals surface area contributed by atoms with E-state index in [0.717, 1.165) is 0 Å². The highest BCUT2D eigenvalue weighted by atomic mass is 32.1. The Morgan fingerprint density at radius 3 is 2.33 bits per heavy atom. The summed E-state index contributed by atoms with van der Waals surface area (Å²) in [7, 11) is 0. The molecule has 0 aliphatic heterocycles. The summed E-state index contributed by atoms with van der Waals surface area (Å²) in [6, 6.07) is 17.7. The van der Waals surface area contributed by atoms with Gasteiger partial charge in [0.1, 0.15) is 0 Å². The molecule has 21 heavy (non-hydrogen) atoms. The molecule has 2 aromatic heterocycles. The number of hydrogen-bond donors (Lipinski definition) is 0. The molecular weight excluding hydrogens is 292 g/mol. The molecular formula is C19H16S2. The summed E-state index contributed by atoms with van der Waals surface area (Å²) in [5.41, 5.74) is 5.70. The minimum atomic E-state index is -0.0281. The predicted molar refractivity (Wildman–Crippen MR) is 94.0 cm³/mol. The van der Waals surface area contributed by atoms with Crippen molar-refractivity contribution < 1.29 is 0 Å². The zero-order valence-electron chi connectivity index (χ0n) is 12.1. The van der Waals surface area contributed by atoms with Crippen LogP contribution in [0, 0.1) is 0 Å². The molecule has 0 fully saturated rings. The van der Waals surface area contributed by atoms with Crippen LogP contribution in [0.25, 0.3) is 11.1 Å². The molecule has 3 aromatic rings. The van der Waals surface area contributed by atoms with Gasteiger partial charge in [0.15, 0.2) is 0 Å². The highest BCUT2D eigenvalue weighted by Gasteiger charge is 2.42. The molecule has 0 bridgehead atoms. The van der Waals surface area contributed by atoms with E-state index in [1.807, 2.05) is 22.7 Å². The van der Waals surface area contributed by atoms with E-state index in [4.69, 9.17) is 0 Å². The van der Waals surface area contributed by atoms with Crippen LogP contribution in [0.4, 0.5) is 0 Å². The Bertz CT molecular complexity index is 807. The van der Waals surface area contributed by atoms with Crippen molar-refractivity contribution in [2.45, 2.75) is 19.3 Å². The normalized spacial score (nSPS) is 20.9. The van der Waals surface area contributed by atoms with Gasteiger partial charge < -0.3 is 0 Å². The summed E-state index contributed by atoms with van der Waals surface area (Å²) in [5, 5.41) is 4.36. The molecule has 0 radical (unpaired) electrons. The zero-order valence-corrected chi connectivity index (χ0v) is 13.7. The Kier molecular flexibility index (Phi) is 2.91. The lowest BCUT2D eigenvalue weighted by Gasteiger charge is -2.28. The van der Waals surface area contributed by atoms with Gasteiger partial charge in [0, 0.05) is 9.75 Å². The Morgan fingerprint density at radius 1 is 0.857 bits per heavy atom. The molecule has 1 unspecified atom stereocenters. The first-order chi connectivity index (χ1) is 10.2. The van der Waals surface area contributed by atoms with Crippen LogP contribution in [0.2, 0.25) is 0 Å². The van der Waals surface area contributed by atoms with Crippen LogP contribution >= 0.6 is 22.7 Å². The topological polar surface area (TPSA) is 0 Å². The zero-order chi connectivity index (χ0) is 14.4. The van der Waals surface area contributed by atoms with E-state index >= 15 is 0 Å². The molecule has 2 heteroatoms. The summed E-state index contributed by atoms with van der Waals surface area (Å²) >= 11 is 3.70. The van der Waals surface area contributed by atoms with Crippen LogP contribution in [0.5, 0.6) is 0 Å². The molecule has 0 N–H and O–H groups in total. The summed E-state index contributed by atoms with van der Waals surface area (Å²) < 4.78 is 0. The number of hydrogen-bond acceptors (Lipinski definition) is 2. The second-order valence-electron chi connectivity index (χ2n) is 5.63. The third kappa shape index (κ3) is 1.73. The molecule has 0 amide bonds. The maximum Gasteiger partial charge on any atom is 0.0539 e. The van der Waals surface area contributed by atoms with Crippen LogP contribution in [-0.4, -0.2) is 0 Å². The van der Waals surface area contributed by atoms with Gasteiger partial charge in [-0.1, -0.05) is 36.4 Å². The number of thiophene rings is 2.